The lowest BCUT2D eigenvalue weighted by molar-refractivity contribution is 0.625. The SMILES string of the molecule is CCCNCCC=C(C)Cc1cc(F)ccc1Br. The maximum Gasteiger partial charge on any atom is 0.123 e. The second-order valence-corrected chi connectivity index (χ2v) is 5.36. The highest BCUT2D eigenvalue weighted by atomic mass is 79.9. The summed E-state index contributed by atoms with van der Waals surface area (Å²) in [7, 11) is 0. The molecule has 1 nitrogen and oxygen atoms in total. The first-order valence-electron chi connectivity index (χ1n) is 6.43. The Labute approximate surface area is 118 Å². The van der Waals surface area contributed by atoms with Crippen LogP contribution < -0.4 is 5.32 Å². The zero-order valence-corrected chi connectivity index (χ0v) is 12.7. The van der Waals surface area contributed by atoms with Gasteiger partial charge in [0.2, 0.25) is 0 Å². The third kappa shape index (κ3) is 5.78. The third-order valence-corrected chi connectivity index (χ3v) is 3.49. The maximum absolute atomic E-state index is 13.1. The van der Waals surface area contributed by atoms with Crippen molar-refractivity contribution in [2.45, 2.75) is 33.1 Å². The summed E-state index contributed by atoms with van der Waals surface area (Å²) in [5.41, 5.74) is 2.28. The number of halogens is 2. The van der Waals surface area contributed by atoms with E-state index in [4.69, 9.17) is 0 Å². The van der Waals surface area contributed by atoms with E-state index in [1.54, 1.807) is 12.1 Å². The van der Waals surface area contributed by atoms with E-state index in [2.05, 4.69) is 41.2 Å². The zero-order valence-electron chi connectivity index (χ0n) is 11.1. The molecule has 0 heterocycles. The van der Waals surface area contributed by atoms with Crippen LogP contribution in [0.5, 0.6) is 0 Å². The van der Waals surface area contributed by atoms with E-state index in [-0.39, 0.29) is 5.82 Å². The van der Waals surface area contributed by atoms with Gasteiger partial charge in [-0.3, -0.25) is 0 Å². The van der Waals surface area contributed by atoms with Crippen molar-refractivity contribution < 1.29 is 4.39 Å². The maximum atomic E-state index is 13.1. The molecule has 100 valence electrons. The molecule has 0 unspecified atom stereocenters. The van der Waals surface area contributed by atoms with Crippen LogP contribution in [0, 0.1) is 5.82 Å². The van der Waals surface area contributed by atoms with Crippen LogP contribution in [0.2, 0.25) is 0 Å². The van der Waals surface area contributed by atoms with Gasteiger partial charge in [-0.15, -0.1) is 0 Å². The average Bonchev–Trinajstić information content (AvgIpc) is 2.33. The fraction of sp³-hybridized carbons (Fsp3) is 0.467. The normalized spacial score (nSPS) is 11.9. The van der Waals surface area contributed by atoms with Gasteiger partial charge in [-0.2, -0.15) is 0 Å². The van der Waals surface area contributed by atoms with Gasteiger partial charge in [0.15, 0.2) is 0 Å². The summed E-state index contributed by atoms with van der Waals surface area (Å²) < 4.78 is 14.1. The van der Waals surface area contributed by atoms with Crippen molar-refractivity contribution in [2.24, 2.45) is 0 Å². The summed E-state index contributed by atoms with van der Waals surface area (Å²) in [6.45, 7) is 6.34. The van der Waals surface area contributed by atoms with Gasteiger partial charge in [0.25, 0.3) is 0 Å². The molecule has 0 amide bonds. The van der Waals surface area contributed by atoms with Gasteiger partial charge in [-0.05, 0) is 63.0 Å². The monoisotopic (exact) mass is 313 g/mol. The fourth-order valence-electron chi connectivity index (χ4n) is 1.77. The minimum atomic E-state index is -0.175. The first-order valence-corrected chi connectivity index (χ1v) is 7.23. The molecule has 0 aliphatic rings. The lowest BCUT2D eigenvalue weighted by Gasteiger charge is -2.06. The molecule has 1 aromatic rings. The molecule has 0 saturated carbocycles. The van der Waals surface area contributed by atoms with E-state index < -0.39 is 0 Å². The molecule has 0 aromatic heterocycles. The molecule has 0 radical (unpaired) electrons. The van der Waals surface area contributed by atoms with Gasteiger partial charge in [-0.25, -0.2) is 4.39 Å². The molecule has 0 bridgehead atoms. The number of nitrogens with one attached hydrogen (secondary N) is 1. The van der Waals surface area contributed by atoms with Crippen LogP contribution in [0.1, 0.15) is 32.3 Å². The Morgan fingerprint density at radius 1 is 1.39 bits per heavy atom. The summed E-state index contributed by atoms with van der Waals surface area (Å²) in [5, 5.41) is 3.36. The molecule has 1 aromatic carbocycles. The second-order valence-electron chi connectivity index (χ2n) is 4.50. The predicted octanol–water partition coefficient (Wildman–Crippen LogP) is 4.47. The Bertz CT molecular complexity index is 401. The van der Waals surface area contributed by atoms with Crippen molar-refractivity contribution in [2.75, 3.05) is 13.1 Å². The first kappa shape index (κ1) is 15.4. The highest BCUT2D eigenvalue weighted by molar-refractivity contribution is 9.10. The van der Waals surface area contributed by atoms with E-state index in [0.717, 1.165) is 36.0 Å². The van der Waals surface area contributed by atoms with Crippen molar-refractivity contribution >= 4 is 15.9 Å². The number of allylic oxidation sites excluding steroid dienone is 1. The van der Waals surface area contributed by atoms with Crippen molar-refractivity contribution in [1.82, 2.24) is 5.32 Å². The van der Waals surface area contributed by atoms with Crippen LogP contribution in [0.25, 0.3) is 0 Å². The van der Waals surface area contributed by atoms with E-state index in [1.165, 1.54) is 18.1 Å². The van der Waals surface area contributed by atoms with Crippen LogP contribution in [0.4, 0.5) is 4.39 Å². The van der Waals surface area contributed by atoms with Crippen molar-refractivity contribution in [3.05, 3.63) is 45.7 Å². The van der Waals surface area contributed by atoms with Gasteiger partial charge >= 0.3 is 0 Å². The fourth-order valence-corrected chi connectivity index (χ4v) is 2.16. The summed E-state index contributed by atoms with van der Waals surface area (Å²) in [6, 6.07) is 4.83. The van der Waals surface area contributed by atoms with E-state index in [0.29, 0.717) is 0 Å². The van der Waals surface area contributed by atoms with Gasteiger partial charge in [0.1, 0.15) is 5.82 Å². The largest absolute Gasteiger partial charge is 0.316 e. The molecule has 0 saturated heterocycles. The molecule has 0 fully saturated rings. The number of hydrogen-bond donors (Lipinski definition) is 1. The number of hydrogen-bond acceptors (Lipinski definition) is 1. The zero-order chi connectivity index (χ0) is 13.4. The predicted molar refractivity (Wildman–Crippen MR) is 79.3 cm³/mol. The van der Waals surface area contributed by atoms with Gasteiger partial charge in [0.05, 0.1) is 0 Å². The lowest BCUT2D eigenvalue weighted by atomic mass is 10.1. The topological polar surface area (TPSA) is 12.0 Å². The van der Waals surface area contributed by atoms with Crippen LogP contribution in [-0.2, 0) is 6.42 Å². The molecular formula is C15H21BrFN. The van der Waals surface area contributed by atoms with E-state index in [1.807, 2.05) is 0 Å². The quantitative estimate of drug-likeness (QED) is 0.578. The summed E-state index contributed by atoms with van der Waals surface area (Å²) in [6.07, 6.45) is 5.21. The first-order chi connectivity index (χ1) is 8.63. The van der Waals surface area contributed by atoms with Crippen molar-refractivity contribution in [3.63, 3.8) is 0 Å². The Kier molecular flexibility index (Phi) is 7.21. The van der Waals surface area contributed by atoms with E-state index >= 15 is 0 Å². The van der Waals surface area contributed by atoms with Crippen LogP contribution >= 0.6 is 15.9 Å². The standard InChI is InChI=1S/C15H21BrFN/c1-3-8-18-9-4-5-12(2)10-13-11-14(17)6-7-15(13)16/h5-7,11,18H,3-4,8-10H2,1-2H3. The average molecular weight is 314 g/mol. The minimum Gasteiger partial charge on any atom is -0.316 e. The Hall–Kier alpha value is -0.670. The van der Waals surface area contributed by atoms with Crippen LogP contribution in [0.3, 0.4) is 0 Å². The lowest BCUT2D eigenvalue weighted by Crippen LogP contribution is -2.15. The van der Waals surface area contributed by atoms with E-state index in [9.17, 15) is 4.39 Å². The summed E-state index contributed by atoms with van der Waals surface area (Å²) >= 11 is 3.46. The van der Waals surface area contributed by atoms with Crippen molar-refractivity contribution in [1.29, 1.82) is 0 Å². The van der Waals surface area contributed by atoms with Gasteiger partial charge < -0.3 is 5.32 Å². The molecule has 0 aliphatic heterocycles. The Morgan fingerprint density at radius 2 is 2.17 bits per heavy atom. The molecule has 0 atom stereocenters. The molecule has 1 rings (SSSR count). The molecule has 3 heteroatoms. The Balaban J connectivity index is 2.45. The highest BCUT2D eigenvalue weighted by Crippen LogP contribution is 2.20. The molecule has 0 spiro atoms. The van der Waals surface area contributed by atoms with Crippen LogP contribution in [-0.4, -0.2) is 13.1 Å². The van der Waals surface area contributed by atoms with Gasteiger partial charge in [-0.1, -0.05) is 34.5 Å². The molecule has 0 aliphatic carbocycles. The third-order valence-electron chi connectivity index (χ3n) is 2.72. The summed E-state index contributed by atoms with van der Waals surface area (Å²) in [4.78, 5) is 0. The summed E-state index contributed by atoms with van der Waals surface area (Å²) in [5.74, 6) is -0.175. The number of benzene rings is 1. The highest BCUT2D eigenvalue weighted by Gasteiger charge is 2.02. The molecule has 18 heavy (non-hydrogen) atoms. The van der Waals surface area contributed by atoms with Crippen LogP contribution in [0.15, 0.2) is 34.3 Å². The minimum absolute atomic E-state index is 0.175. The van der Waals surface area contributed by atoms with Gasteiger partial charge in [0, 0.05) is 4.47 Å². The second kappa shape index (κ2) is 8.44. The Morgan fingerprint density at radius 3 is 2.89 bits per heavy atom. The molecular weight excluding hydrogens is 293 g/mol. The molecule has 1 N–H and O–H groups in total. The van der Waals surface area contributed by atoms with Crippen molar-refractivity contribution in [3.8, 4) is 0 Å². The smallest absolute Gasteiger partial charge is 0.123 e. The number of rotatable bonds is 7.